The van der Waals surface area contributed by atoms with Crippen molar-refractivity contribution in [2.45, 2.75) is 12.6 Å². The molecule has 0 spiro atoms. The van der Waals surface area contributed by atoms with Gasteiger partial charge < -0.3 is 10.6 Å². The SMILES string of the molecule is N[C@@H]1CN(Cc2ccc(Cl)cc2)c2ccc([N+](=O)[O-])cc21. The van der Waals surface area contributed by atoms with Gasteiger partial charge in [0.25, 0.3) is 5.69 Å². The highest BCUT2D eigenvalue weighted by atomic mass is 35.5. The van der Waals surface area contributed by atoms with Crippen LogP contribution < -0.4 is 10.6 Å². The molecule has 0 radical (unpaired) electrons. The molecule has 0 aromatic heterocycles. The van der Waals surface area contributed by atoms with Gasteiger partial charge in [-0.25, -0.2) is 0 Å². The molecule has 1 aliphatic rings. The van der Waals surface area contributed by atoms with Crippen molar-refractivity contribution in [2.75, 3.05) is 11.4 Å². The molecule has 0 aliphatic carbocycles. The molecule has 1 atom stereocenters. The van der Waals surface area contributed by atoms with Crippen LogP contribution in [0.3, 0.4) is 0 Å². The van der Waals surface area contributed by atoms with Crippen molar-refractivity contribution in [3.05, 3.63) is 68.7 Å². The highest BCUT2D eigenvalue weighted by Gasteiger charge is 2.27. The molecule has 5 nitrogen and oxygen atoms in total. The van der Waals surface area contributed by atoms with E-state index >= 15 is 0 Å². The fourth-order valence-electron chi connectivity index (χ4n) is 2.63. The zero-order valence-corrected chi connectivity index (χ0v) is 12.0. The van der Waals surface area contributed by atoms with E-state index in [2.05, 4.69) is 4.90 Å². The molecule has 0 saturated heterocycles. The Hall–Kier alpha value is -2.11. The van der Waals surface area contributed by atoms with Crippen LogP contribution in [-0.4, -0.2) is 11.5 Å². The molecule has 0 amide bonds. The molecule has 3 rings (SSSR count). The van der Waals surface area contributed by atoms with Crippen molar-refractivity contribution in [3.63, 3.8) is 0 Å². The predicted molar refractivity (Wildman–Crippen MR) is 82.5 cm³/mol. The van der Waals surface area contributed by atoms with Gasteiger partial charge in [-0.05, 0) is 23.8 Å². The Balaban J connectivity index is 1.88. The number of non-ortho nitro benzene ring substituents is 1. The summed E-state index contributed by atoms with van der Waals surface area (Å²) in [6.45, 7) is 1.36. The van der Waals surface area contributed by atoms with E-state index in [0.29, 0.717) is 18.1 Å². The second kappa shape index (κ2) is 5.35. The van der Waals surface area contributed by atoms with Crippen LogP contribution in [0.2, 0.25) is 5.02 Å². The van der Waals surface area contributed by atoms with E-state index in [1.54, 1.807) is 12.1 Å². The largest absolute Gasteiger partial charge is 0.365 e. The summed E-state index contributed by atoms with van der Waals surface area (Å²) < 4.78 is 0. The highest BCUT2D eigenvalue weighted by molar-refractivity contribution is 6.30. The Bertz CT molecular complexity index is 688. The standard InChI is InChI=1S/C15H14ClN3O2/c16-11-3-1-10(2-4-11)8-18-9-14(17)13-7-12(19(20)21)5-6-15(13)18/h1-7,14H,8-9,17H2/t14-/m1/s1. The molecule has 2 N–H and O–H groups in total. The number of fused-ring (bicyclic) bond motifs is 1. The first-order chi connectivity index (χ1) is 10.0. The number of hydrogen-bond donors (Lipinski definition) is 1. The Morgan fingerprint density at radius 2 is 2.00 bits per heavy atom. The van der Waals surface area contributed by atoms with Gasteiger partial charge in [0.1, 0.15) is 0 Å². The van der Waals surface area contributed by atoms with E-state index < -0.39 is 4.92 Å². The first kappa shape index (κ1) is 13.9. The molecule has 0 fully saturated rings. The monoisotopic (exact) mass is 303 g/mol. The van der Waals surface area contributed by atoms with Crippen molar-refractivity contribution in [2.24, 2.45) is 5.73 Å². The third-order valence-corrected chi connectivity index (χ3v) is 3.92. The number of nitro groups is 1. The number of nitro benzene ring substituents is 1. The van der Waals surface area contributed by atoms with Crippen molar-refractivity contribution >= 4 is 23.0 Å². The number of anilines is 1. The van der Waals surface area contributed by atoms with Crippen LogP contribution in [0.1, 0.15) is 17.2 Å². The van der Waals surface area contributed by atoms with Crippen molar-refractivity contribution in [3.8, 4) is 0 Å². The number of benzene rings is 2. The van der Waals surface area contributed by atoms with Crippen LogP contribution in [0, 0.1) is 10.1 Å². The lowest BCUT2D eigenvalue weighted by molar-refractivity contribution is -0.384. The molecule has 1 aliphatic heterocycles. The van der Waals surface area contributed by atoms with Crippen LogP contribution >= 0.6 is 11.6 Å². The van der Waals surface area contributed by atoms with E-state index in [0.717, 1.165) is 16.8 Å². The first-order valence-electron chi connectivity index (χ1n) is 6.58. The van der Waals surface area contributed by atoms with E-state index in [9.17, 15) is 10.1 Å². The molecule has 1 heterocycles. The average molecular weight is 304 g/mol. The van der Waals surface area contributed by atoms with Gasteiger partial charge in [0, 0.05) is 47.5 Å². The van der Waals surface area contributed by atoms with E-state index in [4.69, 9.17) is 17.3 Å². The molecule has 0 saturated carbocycles. The maximum atomic E-state index is 10.9. The molecule has 6 heteroatoms. The summed E-state index contributed by atoms with van der Waals surface area (Å²) in [5.74, 6) is 0. The number of rotatable bonds is 3. The second-order valence-corrected chi connectivity index (χ2v) is 5.55. The van der Waals surface area contributed by atoms with Crippen LogP contribution in [0.25, 0.3) is 0 Å². The zero-order valence-electron chi connectivity index (χ0n) is 11.2. The third-order valence-electron chi connectivity index (χ3n) is 3.67. The maximum absolute atomic E-state index is 10.9. The lowest BCUT2D eigenvalue weighted by atomic mass is 10.1. The van der Waals surface area contributed by atoms with Crippen molar-refractivity contribution in [1.82, 2.24) is 0 Å². The van der Waals surface area contributed by atoms with Gasteiger partial charge in [0.05, 0.1) is 4.92 Å². The number of nitrogens with two attached hydrogens (primary N) is 1. The fraction of sp³-hybridized carbons (Fsp3) is 0.200. The first-order valence-corrected chi connectivity index (χ1v) is 6.95. The van der Waals surface area contributed by atoms with Gasteiger partial charge in [-0.15, -0.1) is 0 Å². The summed E-state index contributed by atoms with van der Waals surface area (Å²) in [5, 5.41) is 11.6. The van der Waals surface area contributed by atoms with Crippen molar-refractivity contribution in [1.29, 1.82) is 0 Å². The van der Waals surface area contributed by atoms with Crippen molar-refractivity contribution < 1.29 is 4.92 Å². The third kappa shape index (κ3) is 2.70. The minimum absolute atomic E-state index is 0.0811. The number of hydrogen-bond acceptors (Lipinski definition) is 4. The maximum Gasteiger partial charge on any atom is 0.269 e. The second-order valence-electron chi connectivity index (χ2n) is 5.11. The fourth-order valence-corrected chi connectivity index (χ4v) is 2.76. The predicted octanol–water partition coefficient (Wildman–Crippen LogP) is 3.27. The number of halogens is 1. The molecular formula is C15H14ClN3O2. The van der Waals surface area contributed by atoms with Gasteiger partial charge in [0.2, 0.25) is 0 Å². The molecular weight excluding hydrogens is 290 g/mol. The van der Waals surface area contributed by atoms with Crippen LogP contribution in [0.5, 0.6) is 0 Å². The molecule has 0 bridgehead atoms. The summed E-state index contributed by atoms with van der Waals surface area (Å²) in [6, 6.07) is 12.3. The Morgan fingerprint density at radius 1 is 1.29 bits per heavy atom. The Labute approximate surface area is 127 Å². The van der Waals surface area contributed by atoms with Gasteiger partial charge in [0.15, 0.2) is 0 Å². The lowest BCUT2D eigenvalue weighted by Gasteiger charge is -2.19. The summed E-state index contributed by atoms with van der Waals surface area (Å²) in [6.07, 6.45) is 0. The van der Waals surface area contributed by atoms with E-state index in [1.165, 1.54) is 6.07 Å². The van der Waals surface area contributed by atoms with Gasteiger partial charge in [-0.1, -0.05) is 23.7 Å². The van der Waals surface area contributed by atoms with Gasteiger partial charge in [-0.2, -0.15) is 0 Å². The quantitative estimate of drug-likeness (QED) is 0.697. The lowest BCUT2D eigenvalue weighted by Crippen LogP contribution is -2.23. The van der Waals surface area contributed by atoms with E-state index in [-0.39, 0.29) is 11.7 Å². The average Bonchev–Trinajstić information content (AvgIpc) is 2.77. The molecule has 0 unspecified atom stereocenters. The smallest absolute Gasteiger partial charge is 0.269 e. The summed E-state index contributed by atoms with van der Waals surface area (Å²) >= 11 is 5.88. The summed E-state index contributed by atoms with van der Waals surface area (Å²) in [7, 11) is 0. The molecule has 2 aromatic rings. The normalized spacial score (nSPS) is 16.9. The topological polar surface area (TPSA) is 72.4 Å². The van der Waals surface area contributed by atoms with Gasteiger partial charge >= 0.3 is 0 Å². The summed E-state index contributed by atoms with van der Waals surface area (Å²) in [4.78, 5) is 12.6. The van der Waals surface area contributed by atoms with Crippen LogP contribution in [0.4, 0.5) is 11.4 Å². The minimum atomic E-state index is -0.394. The van der Waals surface area contributed by atoms with Crippen LogP contribution in [0.15, 0.2) is 42.5 Å². The minimum Gasteiger partial charge on any atom is -0.365 e. The molecule has 2 aromatic carbocycles. The highest BCUT2D eigenvalue weighted by Crippen LogP contribution is 2.36. The zero-order chi connectivity index (χ0) is 15.0. The summed E-state index contributed by atoms with van der Waals surface area (Å²) in [5.41, 5.74) is 9.09. The molecule has 21 heavy (non-hydrogen) atoms. The van der Waals surface area contributed by atoms with Crippen LogP contribution in [-0.2, 0) is 6.54 Å². The number of nitrogens with zero attached hydrogens (tertiary/aromatic N) is 2. The molecule has 108 valence electrons. The Kier molecular flexibility index (Phi) is 3.53. The Morgan fingerprint density at radius 3 is 2.67 bits per heavy atom. The van der Waals surface area contributed by atoms with E-state index in [1.807, 2.05) is 24.3 Å². The van der Waals surface area contributed by atoms with Gasteiger partial charge in [-0.3, -0.25) is 10.1 Å².